The molecule has 8 heteroatoms. The highest BCUT2D eigenvalue weighted by Crippen LogP contribution is 2.33. The van der Waals surface area contributed by atoms with E-state index in [4.69, 9.17) is 15.8 Å². The van der Waals surface area contributed by atoms with Crippen molar-refractivity contribution in [2.24, 2.45) is 10.9 Å². The van der Waals surface area contributed by atoms with Gasteiger partial charge in [-0.1, -0.05) is 12.6 Å². The molecule has 1 aromatic carbocycles. The zero-order valence-electron chi connectivity index (χ0n) is 16.9. The lowest BCUT2D eigenvalue weighted by Crippen LogP contribution is -2.29. The standard InChI is InChI=1S/C22H24N8/c1-13(12-25-23)15-3-4-17-16(11-15)20(29-28-17)22-26-18-5-8-24-19(21(18)27-22)14-6-9-30(2)10-7-14/h3-5,8,11-12,14H,1,6-7,9-10,23H2,2H3,(H,26,27)(H,28,29)/b25-12-. The maximum atomic E-state index is 5.27. The van der Waals surface area contributed by atoms with Crippen LogP contribution in [0.5, 0.6) is 0 Å². The summed E-state index contributed by atoms with van der Waals surface area (Å²) in [5.41, 5.74) is 6.38. The molecule has 30 heavy (non-hydrogen) atoms. The van der Waals surface area contributed by atoms with Crippen LogP contribution in [0.2, 0.25) is 0 Å². The average Bonchev–Trinajstić information content (AvgIpc) is 3.37. The van der Waals surface area contributed by atoms with E-state index in [0.717, 1.165) is 76.2 Å². The van der Waals surface area contributed by atoms with Crippen molar-refractivity contribution < 1.29 is 0 Å². The van der Waals surface area contributed by atoms with Crippen molar-refractivity contribution in [2.75, 3.05) is 20.1 Å². The Labute approximate surface area is 173 Å². The van der Waals surface area contributed by atoms with Crippen LogP contribution >= 0.6 is 0 Å². The van der Waals surface area contributed by atoms with E-state index in [1.54, 1.807) is 6.21 Å². The SMILES string of the molecule is C=C(/C=N\N)c1ccc2[nH]nc(-c3nc4c(C5CCN(C)CC5)nccc4[nH]3)c2c1. The molecule has 4 aromatic rings. The van der Waals surface area contributed by atoms with Gasteiger partial charge in [-0.05, 0) is 62.3 Å². The molecule has 3 aromatic heterocycles. The first kappa shape index (κ1) is 18.5. The van der Waals surface area contributed by atoms with E-state index in [2.05, 4.69) is 38.8 Å². The van der Waals surface area contributed by atoms with Gasteiger partial charge in [0.15, 0.2) is 5.82 Å². The predicted octanol–water partition coefficient (Wildman–Crippen LogP) is 3.27. The van der Waals surface area contributed by atoms with Crippen molar-refractivity contribution in [3.63, 3.8) is 0 Å². The Hall–Kier alpha value is -3.52. The van der Waals surface area contributed by atoms with Crippen LogP contribution < -0.4 is 5.84 Å². The fourth-order valence-electron chi connectivity index (χ4n) is 4.21. The molecule has 0 aliphatic carbocycles. The van der Waals surface area contributed by atoms with Crippen molar-refractivity contribution >= 4 is 33.7 Å². The summed E-state index contributed by atoms with van der Waals surface area (Å²) >= 11 is 0. The fourth-order valence-corrected chi connectivity index (χ4v) is 4.21. The zero-order valence-corrected chi connectivity index (χ0v) is 16.9. The number of imidazole rings is 1. The number of aromatic amines is 2. The van der Waals surface area contributed by atoms with Crippen LogP contribution in [0.1, 0.15) is 30.0 Å². The molecule has 1 aliphatic heterocycles. The minimum absolute atomic E-state index is 0.433. The zero-order chi connectivity index (χ0) is 20.7. The molecule has 1 aliphatic rings. The molecule has 1 saturated heterocycles. The Kier molecular flexibility index (Phi) is 4.55. The van der Waals surface area contributed by atoms with Crippen LogP contribution in [0, 0.1) is 0 Å². The van der Waals surface area contributed by atoms with Gasteiger partial charge in [0.25, 0.3) is 0 Å². The number of allylic oxidation sites excluding steroid dienone is 1. The van der Waals surface area contributed by atoms with Crippen molar-refractivity contribution in [1.82, 2.24) is 30.0 Å². The van der Waals surface area contributed by atoms with Crippen LogP contribution in [-0.2, 0) is 0 Å². The van der Waals surface area contributed by atoms with Gasteiger partial charge in [0, 0.05) is 17.5 Å². The molecule has 0 saturated carbocycles. The minimum atomic E-state index is 0.433. The second-order valence-electron chi connectivity index (χ2n) is 7.89. The van der Waals surface area contributed by atoms with Gasteiger partial charge in [0.1, 0.15) is 11.2 Å². The highest BCUT2D eigenvalue weighted by Gasteiger charge is 2.23. The highest BCUT2D eigenvalue weighted by atomic mass is 15.1. The summed E-state index contributed by atoms with van der Waals surface area (Å²) in [5, 5.41) is 12.2. The number of benzene rings is 1. The van der Waals surface area contributed by atoms with Gasteiger partial charge in [-0.3, -0.25) is 10.1 Å². The van der Waals surface area contributed by atoms with E-state index in [-0.39, 0.29) is 0 Å². The smallest absolute Gasteiger partial charge is 0.159 e. The second kappa shape index (κ2) is 7.38. The van der Waals surface area contributed by atoms with Crippen molar-refractivity contribution in [1.29, 1.82) is 0 Å². The number of aromatic nitrogens is 5. The summed E-state index contributed by atoms with van der Waals surface area (Å²) in [7, 11) is 2.17. The van der Waals surface area contributed by atoms with Gasteiger partial charge >= 0.3 is 0 Å². The van der Waals surface area contributed by atoms with E-state index < -0.39 is 0 Å². The molecule has 0 radical (unpaired) electrons. The number of likely N-dealkylation sites (tertiary alicyclic amines) is 1. The summed E-state index contributed by atoms with van der Waals surface area (Å²) in [6.45, 7) is 6.19. The van der Waals surface area contributed by atoms with Gasteiger partial charge < -0.3 is 15.7 Å². The Morgan fingerprint density at radius 2 is 2.10 bits per heavy atom. The number of nitrogens with two attached hydrogens (primary N) is 1. The third kappa shape index (κ3) is 3.15. The number of nitrogens with zero attached hydrogens (tertiary/aromatic N) is 5. The number of hydrazone groups is 1. The monoisotopic (exact) mass is 400 g/mol. The maximum absolute atomic E-state index is 5.27. The topological polar surface area (TPSA) is 112 Å². The van der Waals surface area contributed by atoms with Gasteiger partial charge in [-0.2, -0.15) is 10.2 Å². The second-order valence-corrected chi connectivity index (χ2v) is 7.89. The number of pyridine rings is 1. The number of hydrogen-bond donors (Lipinski definition) is 3. The number of rotatable bonds is 4. The predicted molar refractivity (Wildman–Crippen MR) is 120 cm³/mol. The summed E-state index contributed by atoms with van der Waals surface area (Å²) in [6.07, 6.45) is 5.62. The molecule has 0 spiro atoms. The van der Waals surface area contributed by atoms with E-state index >= 15 is 0 Å². The normalized spacial score (nSPS) is 16.2. The quantitative estimate of drug-likeness (QED) is 0.276. The molecule has 4 heterocycles. The molecule has 4 N–H and O–H groups in total. The lowest BCUT2D eigenvalue weighted by molar-refractivity contribution is 0.254. The lowest BCUT2D eigenvalue weighted by atomic mass is 9.92. The molecular formula is C22H24N8. The molecule has 8 nitrogen and oxygen atoms in total. The summed E-state index contributed by atoms with van der Waals surface area (Å²) < 4.78 is 0. The third-order valence-electron chi connectivity index (χ3n) is 5.92. The lowest BCUT2D eigenvalue weighted by Gasteiger charge is -2.28. The molecule has 152 valence electrons. The van der Waals surface area contributed by atoms with E-state index in [0.29, 0.717) is 5.92 Å². The van der Waals surface area contributed by atoms with E-state index in [9.17, 15) is 0 Å². The van der Waals surface area contributed by atoms with Crippen LogP contribution in [-0.4, -0.2) is 56.4 Å². The first-order chi connectivity index (χ1) is 14.6. The average molecular weight is 400 g/mol. The van der Waals surface area contributed by atoms with Crippen molar-refractivity contribution in [3.05, 3.63) is 48.3 Å². The molecular weight excluding hydrogens is 376 g/mol. The van der Waals surface area contributed by atoms with Gasteiger partial charge in [0.2, 0.25) is 0 Å². The minimum Gasteiger partial charge on any atom is -0.336 e. The number of hydrogen-bond acceptors (Lipinski definition) is 6. The Morgan fingerprint density at radius 1 is 1.27 bits per heavy atom. The molecule has 0 atom stereocenters. The molecule has 1 fully saturated rings. The molecule has 5 rings (SSSR count). The molecule has 0 bridgehead atoms. The van der Waals surface area contributed by atoms with Crippen LogP contribution in [0.3, 0.4) is 0 Å². The largest absolute Gasteiger partial charge is 0.336 e. The maximum Gasteiger partial charge on any atom is 0.159 e. The third-order valence-corrected chi connectivity index (χ3v) is 5.92. The number of nitrogens with one attached hydrogen (secondary N) is 2. The number of H-pyrrole nitrogens is 2. The number of piperidine rings is 1. The summed E-state index contributed by atoms with van der Waals surface area (Å²) in [5.74, 6) is 6.44. The summed E-state index contributed by atoms with van der Waals surface area (Å²) in [6, 6.07) is 7.95. The van der Waals surface area contributed by atoms with Crippen molar-refractivity contribution in [3.8, 4) is 11.5 Å². The van der Waals surface area contributed by atoms with Crippen LogP contribution in [0.25, 0.3) is 39.0 Å². The van der Waals surface area contributed by atoms with Gasteiger partial charge in [-0.25, -0.2) is 4.98 Å². The van der Waals surface area contributed by atoms with E-state index in [1.165, 1.54) is 0 Å². The van der Waals surface area contributed by atoms with Crippen LogP contribution in [0.15, 0.2) is 42.1 Å². The first-order valence-corrected chi connectivity index (χ1v) is 10.1. The first-order valence-electron chi connectivity index (χ1n) is 10.1. The fraction of sp³-hybridized carbons (Fsp3) is 0.273. The summed E-state index contributed by atoms with van der Waals surface area (Å²) in [4.78, 5) is 15.4. The Morgan fingerprint density at radius 3 is 2.90 bits per heavy atom. The van der Waals surface area contributed by atoms with Gasteiger partial charge in [0.05, 0.1) is 22.9 Å². The molecule has 0 unspecified atom stereocenters. The highest BCUT2D eigenvalue weighted by molar-refractivity contribution is 6.10. The molecule has 0 amide bonds. The number of fused-ring (bicyclic) bond motifs is 2. The van der Waals surface area contributed by atoms with E-state index in [1.807, 2.05) is 30.5 Å². The van der Waals surface area contributed by atoms with Crippen molar-refractivity contribution in [2.45, 2.75) is 18.8 Å². The Balaban J connectivity index is 1.58. The van der Waals surface area contributed by atoms with Gasteiger partial charge in [-0.15, -0.1) is 0 Å². The Bertz CT molecular complexity index is 1260. The van der Waals surface area contributed by atoms with Crippen LogP contribution in [0.4, 0.5) is 0 Å².